The van der Waals surface area contributed by atoms with Crippen molar-refractivity contribution in [2.75, 3.05) is 6.54 Å². The number of aromatic nitrogens is 1. The highest BCUT2D eigenvalue weighted by Crippen LogP contribution is 2.40. The molecule has 1 fully saturated rings. The van der Waals surface area contributed by atoms with E-state index in [1.807, 2.05) is 30.5 Å². The fraction of sp³-hybridized carbons (Fsp3) is 0.111. The summed E-state index contributed by atoms with van der Waals surface area (Å²) in [5, 5.41) is 32.9. The zero-order valence-corrected chi connectivity index (χ0v) is 18.9. The molecule has 4 aromatic rings. The van der Waals surface area contributed by atoms with E-state index in [9.17, 15) is 29.9 Å². The van der Waals surface area contributed by atoms with Crippen LogP contribution in [0.3, 0.4) is 0 Å². The van der Waals surface area contributed by atoms with Crippen LogP contribution in [-0.2, 0) is 16.0 Å². The third-order valence-electron chi connectivity index (χ3n) is 6.40. The number of aromatic amines is 1. The van der Waals surface area contributed by atoms with Crippen LogP contribution in [0.1, 0.15) is 22.7 Å². The molecule has 2 heterocycles. The fourth-order valence-electron chi connectivity index (χ4n) is 4.59. The third-order valence-corrected chi connectivity index (χ3v) is 6.40. The average molecular weight is 483 g/mol. The van der Waals surface area contributed by atoms with E-state index in [1.54, 1.807) is 12.1 Å². The molecule has 3 N–H and O–H groups in total. The summed E-state index contributed by atoms with van der Waals surface area (Å²) in [6.45, 7) is 0.203. The van der Waals surface area contributed by atoms with Crippen LogP contribution in [0.2, 0.25) is 0 Å². The number of aliphatic hydroxyl groups is 1. The topological polar surface area (TPSA) is 137 Å². The first-order valence-corrected chi connectivity index (χ1v) is 11.2. The fourth-order valence-corrected chi connectivity index (χ4v) is 4.59. The van der Waals surface area contributed by atoms with Crippen molar-refractivity contribution in [1.82, 2.24) is 9.88 Å². The number of H-pyrrole nitrogens is 1. The molecule has 1 atom stereocenters. The minimum Gasteiger partial charge on any atom is -0.508 e. The molecule has 9 nitrogen and oxygen atoms in total. The number of benzene rings is 3. The van der Waals surface area contributed by atoms with Gasteiger partial charge in [0.2, 0.25) is 0 Å². The number of Topliss-reactive ketones (excluding diaryl/α,β-unsaturated/α-hetero) is 1. The number of para-hydroxylation sites is 1. The molecule has 0 saturated carbocycles. The average Bonchev–Trinajstić information content (AvgIpc) is 3.41. The van der Waals surface area contributed by atoms with E-state index >= 15 is 0 Å². The first kappa shape index (κ1) is 22.9. The van der Waals surface area contributed by atoms with Crippen LogP contribution >= 0.6 is 0 Å². The summed E-state index contributed by atoms with van der Waals surface area (Å²) in [6.07, 6.45) is 2.33. The number of nitro groups is 1. The monoisotopic (exact) mass is 483 g/mol. The van der Waals surface area contributed by atoms with Gasteiger partial charge in [0, 0.05) is 41.3 Å². The minimum atomic E-state index is -0.897. The Morgan fingerprint density at radius 2 is 1.69 bits per heavy atom. The summed E-state index contributed by atoms with van der Waals surface area (Å²) in [5.74, 6) is -2.00. The first-order chi connectivity index (χ1) is 17.3. The molecule has 1 saturated heterocycles. The van der Waals surface area contributed by atoms with Crippen LogP contribution in [0, 0.1) is 10.1 Å². The molecule has 0 bridgehead atoms. The number of carbonyl (C=O) groups is 2. The molecule has 0 aliphatic carbocycles. The van der Waals surface area contributed by atoms with E-state index in [4.69, 9.17) is 0 Å². The Bertz CT molecular complexity index is 1520. The summed E-state index contributed by atoms with van der Waals surface area (Å²) < 4.78 is 0. The van der Waals surface area contributed by atoms with E-state index in [0.29, 0.717) is 12.0 Å². The molecule has 5 rings (SSSR count). The zero-order chi connectivity index (χ0) is 25.4. The van der Waals surface area contributed by atoms with Crippen LogP contribution in [0.5, 0.6) is 5.75 Å². The number of ketones is 1. The number of amides is 1. The summed E-state index contributed by atoms with van der Waals surface area (Å²) in [6, 6.07) is 18.1. The van der Waals surface area contributed by atoms with Crippen LogP contribution < -0.4 is 0 Å². The second kappa shape index (κ2) is 9.03. The first-order valence-electron chi connectivity index (χ1n) is 11.2. The van der Waals surface area contributed by atoms with Crippen molar-refractivity contribution in [3.05, 3.63) is 111 Å². The molecule has 0 spiro atoms. The number of carbonyl (C=O) groups excluding carboxylic acids is 2. The van der Waals surface area contributed by atoms with Gasteiger partial charge in [0.25, 0.3) is 17.4 Å². The summed E-state index contributed by atoms with van der Waals surface area (Å²) in [4.78, 5) is 41.3. The van der Waals surface area contributed by atoms with E-state index < -0.39 is 28.4 Å². The summed E-state index contributed by atoms with van der Waals surface area (Å²) in [5.41, 5.74) is 2.38. The maximum absolute atomic E-state index is 13.2. The van der Waals surface area contributed by atoms with E-state index in [1.165, 1.54) is 41.3 Å². The number of hydrogen-bond acceptors (Lipinski definition) is 6. The lowest BCUT2D eigenvalue weighted by Crippen LogP contribution is -2.31. The number of hydrogen-bond donors (Lipinski definition) is 3. The quantitative estimate of drug-likeness (QED) is 0.122. The van der Waals surface area contributed by atoms with Gasteiger partial charge in [-0.05, 0) is 47.9 Å². The van der Waals surface area contributed by atoms with E-state index in [0.717, 1.165) is 16.5 Å². The molecule has 1 aromatic heterocycles. The lowest BCUT2D eigenvalue weighted by atomic mass is 9.95. The van der Waals surface area contributed by atoms with Gasteiger partial charge in [-0.2, -0.15) is 0 Å². The number of nitrogens with one attached hydrogen (secondary N) is 1. The van der Waals surface area contributed by atoms with Crippen molar-refractivity contribution in [2.24, 2.45) is 0 Å². The maximum Gasteiger partial charge on any atom is 0.295 e. The van der Waals surface area contributed by atoms with E-state index in [2.05, 4.69) is 4.98 Å². The van der Waals surface area contributed by atoms with Crippen molar-refractivity contribution < 1.29 is 24.7 Å². The summed E-state index contributed by atoms with van der Waals surface area (Å²) >= 11 is 0. The van der Waals surface area contributed by atoms with Gasteiger partial charge in [0.15, 0.2) is 0 Å². The Morgan fingerprint density at radius 1 is 1.00 bits per heavy atom. The molecule has 0 radical (unpaired) electrons. The van der Waals surface area contributed by atoms with Crippen molar-refractivity contribution in [1.29, 1.82) is 0 Å². The molecule has 1 unspecified atom stereocenters. The predicted octanol–water partition coefficient (Wildman–Crippen LogP) is 4.45. The van der Waals surface area contributed by atoms with Gasteiger partial charge in [0.05, 0.1) is 16.5 Å². The van der Waals surface area contributed by atoms with Crippen LogP contribution in [0.25, 0.3) is 16.7 Å². The molecular weight excluding hydrogens is 462 g/mol. The van der Waals surface area contributed by atoms with Gasteiger partial charge in [-0.15, -0.1) is 0 Å². The molecule has 1 amide bonds. The smallest absolute Gasteiger partial charge is 0.295 e. The number of non-ortho nitro benzene ring substituents is 1. The molecular formula is C27H21N3O6. The van der Waals surface area contributed by atoms with E-state index in [-0.39, 0.29) is 29.1 Å². The highest BCUT2D eigenvalue weighted by atomic mass is 16.6. The Labute approximate surface area is 205 Å². The second-order valence-electron chi connectivity index (χ2n) is 8.50. The Balaban J connectivity index is 1.55. The number of fused-ring (bicyclic) bond motifs is 1. The lowest BCUT2D eigenvalue weighted by Gasteiger charge is -2.25. The number of rotatable bonds is 6. The third kappa shape index (κ3) is 3.96. The summed E-state index contributed by atoms with van der Waals surface area (Å²) in [7, 11) is 0. The Hall–Kier alpha value is -4.92. The van der Waals surface area contributed by atoms with Crippen molar-refractivity contribution in [3.63, 3.8) is 0 Å². The minimum absolute atomic E-state index is 0.0184. The zero-order valence-electron chi connectivity index (χ0n) is 18.9. The van der Waals surface area contributed by atoms with Gasteiger partial charge in [-0.25, -0.2) is 0 Å². The second-order valence-corrected chi connectivity index (χ2v) is 8.50. The SMILES string of the molecule is O=C1C(=O)N(CCc2c[nH]c3ccccc23)C(c2ccc(O)cc2)/C1=C(\O)c1ccc([N+](=O)[O-])cc1. The number of phenols is 1. The normalized spacial score (nSPS) is 17.1. The predicted molar refractivity (Wildman–Crippen MR) is 132 cm³/mol. The van der Waals surface area contributed by atoms with Gasteiger partial charge in [-0.1, -0.05) is 30.3 Å². The highest BCUT2D eigenvalue weighted by Gasteiger charge is 2.45. The molecule has 1 aliphatic rings. The Kier molecular flexibility index (Phi) is 5.73. The van der Waals surface area contributed by atoms with Crippen molar-refractivity contribution in [2.45, 2.75) is 12.5 Å². The largest absolute Gasteiger partial charge is 0.508 e. The number of likely N-dealkylation sites (tertiary alicyclic amines) is 1. The standard InChI is InChI=1S/C27H21N3O6/c31-20-11-7-16(8-12-20)24-23(25(32)17-5-9-19(10-6-17)30(35)36)26(33)27(34)29(24)14-13-18-15-28-22-4-2-1-3-21(18)22/h1-12,15,24,28,31-32H,13-14H2/b25-23+. The molecule has 180 valence electrons. The van der Waals surface area contributed by atoms with Gasteiger partial charge in [-0.3, -0.25) is 19.7 Å². The molecule has 1 aliphatic heterocycles. The molecule has 36 heavy (non-hydrogen) atoms. The van der Waals surface area contributed by atoms with Crippen molar-refractivity contribution >= 4 is 34.0 Å². The maximum atomic E-state index is 13.2. The van der Waals surface area contributed by atoms with Gasteiger partial charge >= 0.3 is 0 Å². The van der Waals surface area contributed by atoms with Crippen molar-refractivity contribution in [3.8, 4) is 5.75 Å². The number of aromatic hydroxyl groups is 1. The molecule has 9 heteroatoms. The van der Waals surface area contributed by atoms with Gasteiger partial charge < -0.3 is 20.1 Å². The lowest BCUT2D eigenvalue weighted by molar-refractivity contribution is -0.384. The Morgan fingerprint density at radius 3 is 2.39 bits per heavy atom. The van der Waals surface area contributed by atoms with Crippen LogP contribution in [0.15, 0.2) is 84.6 Å². The number of nitrogens with zero attached hydrogens (tertiary/aromatic N) is 2. The number of aliphatic hydroxyl groups excluding tert-OH is 1. The van der Waals surface area contributed by atoms with Crippen LogP contribution in [0.4, 0.5) is 5.69 Å². The number of phenolic OH excluding ortho intramolecular Hbond substituents is 1. The van der Waals surface area contributed by atoms with Crippen LogP contribution in [-0.4, -0.2) is 43.3 Å². The number of nitro benzene ring substituents is 1. The molecule has 3 aromatic carbocycles. The van der Waals surface area contributed by atoms with Gasteiger partial charge in [0.1, 0.15) is 11.5 Å². The highest BCUT2D eigenvalue weighted by molar-refractivity contribution is 6.46.